The lowest BCUT2D eigenvalue weighted by molar-refractivity contribution is -0.146. The number of halogens is 3. The molecular weight excluding hydrogens is 431 g/mol. The van der Waals surface area contributed by atoms with E-state index in [2.05, 4.69) is 4.98 Å². The van der Waals surface area contributed by atoms with Gasteiger partial charge in [-0.25, -0.2) is 4.98 Å². The van der Waals surface area contributed by atoms with Crippen LogP contribution in [-0.4, -0.2) is 23.3 Å². The molecule has 0 aliphatic carbocycles. The summed E-state index contributed by atoms with van der Waals surface area (Å²) in [6, 6.07) is 19.8. The van der Waals surface area contributed by atoms with E-state index in [1.54, 1.807) is 19.2 Å². The molecule has 1 heterocycles. The number of hydrogen-bond donors (Lipinski definition) is 1. The second-order valence-corrected chi connectivity index (χ2v) is 7.67. The Hall–Kier alpha value is -3.68. The van der Waals surface area contributed by atoms with Crippen molar-refractivity contribution in [2.24, 2.45) is 0 Å². The molecule has 5 nitrogen and oxygen atoms in total. The third-order valence-electron chi connectivity index (χ3n) is 5.39. The number of hydrogen-bond acceptors (Lipinski definition) is 4. The molecule has 0 fully saturated rings. The number of benzene rings is 3. The minimum absolute atomic E-state index is 0.146. The molecule has 0 unspecified atom stereocenters. The van der Waals surface area contributed by atoms with Gasteiger partial charge >= 0.3 is 6.18 Å². The van der Waals surface area contributed by atoms with Crippen LogP contribution in [0.15, 0.2) is 66.7 Å². The summed E-state index contributed by atoms with van der Waals surface area (Å²) in [5, 5.41) is 0. The number of anilines is 1. The van der Waals surface area contributed by atoms with Crippen LogP contribution in [0.2, 0.25) is 0 Å². The molecule has 0 amide bonds. The molecule has 8 heteroatoms. The molecule has 0 saturated heterocycles. The molecule has 0 atom stereocenters. The fourth-order valence-electron chi connectivity index (χ4n) is 3.66. The van der Waals surface area contributed by atoms with Crippen molar-refractivity contribution in [2.75, 3.05) is 19.5 Å². The van der Waals surface area contributed by atoms with Crippen LogP contribution in [0.3, 0.4) is 0 Å². The highest BCUT2D eigenvalue weighted by molar-refractivity contribution is 5.79. The Morgan fingerprint density at radius 3 is 2.15 bits per heavy atom. The number of fused-ring (bicyclic) bond motifs is 1. The molecule has 0 aliphatic rings. The van der Waals surface area contributed by atoms with Crippen LogP contribution < -0.4 is 15.2 Å². The van der Waals surface area contributed by atoms with Crippen LogP contribution in [0, 0.1) is 0 Å². The van der Waals surface area contributed by atoms with Gasteiger partial charge in [0.15, 0.2) is 0 Å². The van der Waals surface area contributed by atoms with Gasteiger partial charge in [-0.2, -0.15) is 13.2 Å². The van der Waals surface area contributed by atoms with E-state index in [-0.39, 0.29) is 12.1 Å². The SMILES string of the molecule is COc1ccc(CCOc2ccc(CCn3c(C(F)(F)F)nc4cc(N)ccc43)cc2)cc1. The first-order valence-corrected chi connectivity index (χ1v) is 10.5. The summed E-state index contributed by atoms with van der Waals surface area (Å²) >= 11 is 0. The Labute approximate surface area is 189 Å². The van der Waals surface area contributed by atoms with Crippen molar-refractivity contribution in [3.63, 3.8) is 0 Å². The Balaban J connectivity index is 1.38. The molecule has 0 radical (unpaired) electrons. The van der Waals surface area contributed by atoms with Gasteiger partial charge in [0.25, 0.3) is 0 Å². The van der Waals surface area contributed by atoms with Crippen LogP contribution in [-0.2, 0) is 25.6 Å². The Morgan fingerprint density at radius 2 is 1.52 bits per heavy atom. The van der Waals surface area contributed by atoms with E-state index in [0.717, 1.165) is 23.3 Å². The lowest BCUT2D eigenvalue weighted by Gasteiger charge is -2.12. The van der Waals surface area contributed by atoms with Gasteiger partial charge in [-0.3, -0.25) is 0 Å². The molecule has 0 bridgehead atoms. The lowest BCUT2D eigenvalue weighted by Crippen LogP contribution is -2.16. The maximum absolute atomic E-state index is 13.5. The van der Waals surface area contributed by atoms with E-state index >= 15 is 0 Å². The monoisotopic (exact) mass is 455 g/mol. The molecule has 1 aromatic heterocycles. The van der Waals surface area contributed by atoms with Gasteiger partial charge in [-0.1, -0.05) is 24.3 Å². The zero-order valence-electron chi connectivity index (χ0n) is 18.1. The number of ether oxygens (including phenoxy) is 2. The van der Waals surface area contributed by atoms with Crippen molar-refractivity contribution >= 4 is 16.7 Å². The maximum atomic E-state index is 13.5. The first kappa shape index (κ1) is 22.5. The first-order chi connectivity index (χ1) is 15.8. The van der Waals surface area contributed by atoms with Crippen LogP contribution in [0.25, 0.3) is 11.0 Å². The van der Waals surface area contributed by atoms with Crippen LogP contribution >= 0.6 is 0 Å². The van der Waals surface area contributed by atoms with Gasteiger partial charge in [0.1, 0.15) is 11.5 Å². The zero-order valence-corrected chi connectivity index (χ0v) is 18.1. The number of nitrogens with zero attached hydrogens (tertiary/aromatic N) is 2. The third-order valence-corrected chi connectivity index (χ3v) is 5.39. The minimum atomic E-state index is -4.55. The predicted molar refractivity (Wildman–Crippen MR) is 121 cm³/mol. The van der Waals surface area contributed by atoms with E-state index in [4.69, 9.17) is 15.2 Å². The normalized spacial score (nSPS) is 11.6. The topological polar surface area (TPSA) is 62.3 Å². The highest BCUT2D eigenvalue weighted by atomic mass is 19.4. The number of alkyl halides is 3. The standard InChI is InChI=1S/C25H24F3N3O2/c1-32-20-7-2-18(3-8-20)13-15-33-21-9-4-17(5-10-21)12-14-31-23-11-6-19(29)16-22(23)30-24(31)25(26,27)28/h2-11,16H,12-15,29H2,1H3. The predicted octanol–water partition coefficient (Wildman–Crippen LogP) is 5.51. The molecule has 3 aromatic carbocycles. The fourth-order valence-corrected chi connectivity index (χ4v) is 3.66. The average molecular weight is 455 g/mol. The van der Waals surface area contributed by atoms with Crippen molar-refractivity contribution in [2.45, 2.75) is 25.6 Å². The number of aromatic nitrogens is 2. The van der Waals surface area contributed by atoms with E-state index in [1.807, 2.05) is 48.5 Å². The second-order valence-electron chi connectivity index (χ2n) is 7.67. The van der Waals surface area contributed by atoms with E-state index in [1.165, 1.54) is 10.6 Å². The lowest BCUT2D eigenvalue weighted by atomic mass is 10.1. The molecule has 33 heavy (non-hydrogen) atoms. The number of imidazole rings is 1. The quantitative estimate of drug-likeness (QED) is 0.356. The van der Waals surface area contributed by atoms with E-state index < -0.39 is 12.0 Å². The van der Waals surface area contributed by atoms with Gasteiger partial charge in [-0.05, 0) is 60.0 Å². The molecule has 0 spiro atoms. The Kier molecular flexibility index (Phi) is 6.44. The molecular formula is C25H24F3N3O2. The van der Waals surface area contributed by atoms with Crippen molar-refractivity contribution in [1.29, 1.82) is 0 Å². The number of aryl methyl sites for hydroxylation is 2. The maximum Gasteiger partial charge on any atom is 0.449 e. The summed E-state index contributed by atoms with van der Waals surface area (Å²) in [6.07, 6.45) is -3.37. The fraction of sp³-hybridized carbons (Fsp3) is 0.240. The van der Waals surface area contributed by atoms with Crippen molar-refractivity contribution in [1.82, 2.24) is 9.55 Å². The summed E-state index contributed by atoms with van der Waals surface area (Å²) in [7, 11) is 1.63. The largest absolute Gasteiger partial charge is 0.497 e. The Bertz CT molecular complexity index is 1220. The average Bonchev–Trinajstić information content (AvgIpc) is 3.17. The second kappa shape index (κ2) is 9.44. The highest BCUT2D eigenvalue weighted by Gasteiger charge is 2.37. The molecule has 0 aliphatic heterocycles. The van der Waals surface area contributed by atoms with Crippen molar-refractivity contribution in [3.8, 4) is 11.5 Å². The number of methoxy groups -OCH3 is 1. The zero-order chi connectivity index (χ0) is 23.4. The van der Waals surface area contributed by atoms with E-state index in [9.17, 15) is 13.2 Å². The number of nitrogens with two attached hydrogens (primary N) is 1. The summed E-state index contributed by atoms with van der Waals surface area (Å²) < 4.78 is 52.7. The number of nitrogen functional groups attached to an aromatic ring is 1. The van der Waals surface area contributed by atoms with Crippen LogP contribution in [0.4, 0.5) is 18.9 Å². The van der Waals surface area contributed by atoms with Gasteiger partial charge in [0.2, 0.25) is 5.82 Å². The van der Waals surface area contributed by atoms with E-state index in [0.29, 0.717) is 30.0 Å². The summed E-state index contributed by atoms with van der Waals surface area (Å²) in [5.41, 5.74) is 8.78. The summed E-state index contributed by atoms with van der Waals surface area (Å²) in [6.45, 7) is 0.664. The van der Waals surface area contributed by atoms with Gasteiger partial charge in [0.05, 0.1) is 24.8 Å². The Morgan fingerprint density at radius 1 is 0.879 bits per heavy atom. The van der Waals surface area contributed by atoms with Crippen molar-refractivity contribution in [3.05, 3.63) is 83.7 Å². The smallest absolute Gasteiger partial charge is 0.449 e. The van der Waals surface area contributed by atoms with Crippen LogP contribution in [0.1, 0.15) is 17.0 Å². The molecule has 0 saturated carbocycles. The molecule has 4 aromatic rings. The van der Waals surface area contributed by atoms with Gasteiger partial charge in [0, 0.05) is 18.7 Å². The molecule has 172 valence electrons. The minimum Gasteiger partial charge on any atom is -0.497 e. The molecule has 4 rings (SSSR count). The van der Waals surface area contributed by atoms with Crippen molar-refractivity contribution < 1.29 is 22.6 Å². The number of rotatable bonds is 8. The van der Waals surface area contributed by atoms with Gasteiger partial charge in [-0.15, -0.1) is 0 Å². The summed E-state index contributed by atoms with van der Waals surface area (Å²) in [4.78, 5) is 3.77. The molecule has 2 N–H and O–H groups in total. The first-order valence-electron chi connectivity index (χ1n) is 10.5. The highest BCUT2D eigenvalue weighted by Crippen LogP contribution is 2.32. The van der Waals surface area contributed by atoms with Crippen LogP contribution in [0.5, 0.6) is 11.5 Å². The third kappa shape index (κ3) is 5.39. The van der Waals surface area contributed by atoms with Gasteiger partial charge < -0.3 is 19.8 Å². The summed E-state index contributed by atoms with van der Waals surface area (Å²) in [5.74, 6) is 0.610.